The van der Waals surface area contributed by atoms with Gasteiger partial charge in [0.1, 0.15) is 6.54 Å². The van der Waals surface area contributed by atoms with Crippen molar-refractivity contribution in [3.63, 3.8) is 0 Å². The molecule has 2 amide bonds. The molecule has 172 valence electrons. The lowest BCUT2D eigenvalue weighted by Gasteiger charge is -2.38. The number of carbonyl (C=O) groups is 2. The van der Waals surface area contributed by atoms with Crippen LogP contribution >= 0.6 is 34.5 Å². The minimum absolute atomic E-state index is 0.0140. The van der Waals surface area contributed by atoms with E-state index in [4.69, 9.17) is 23.2 Å². The van der Waals surface area contributed by atoms with Crippen LogP contribution in [-0.4, -0.2) is 41.2 Å². The van der Waals surface area contributed by atoms with Crippen LogP contribution < -0.4 is 0 Å². The van der Waals surface area contributed by atoms with Gasteiger partial charge in [-0.15, -0.1) is 11.3 Å². The third-order valence-corrected chi connectivity index (χ3v) is 7.50. The quantitative estimate of drug-likeness (QED) is 0.396. The normalized spacial score (nSPS) is 15.4. The Balaban J connectivity index is 1.61. The van der Waals surface area contributed by atoms with Gasteiger partial charge in [-0.25, -0.2) is 0 Å². The summed E-state index contributed by atoms with van der Waals surface area (Å²) in [6.45, 7) is 5.18. The predicted molar refractivity (Wildman–Crippen MR) is 135 cm³/mol. The van der Waals surface area contributed by atoms with Gasteiger partial charge in [0.15, 0.2) is 0 Å². The maximum atomic E-state index is 13.7. The van der Waals surface area contributed by atoms with Crippen LogP contribution in [0.5, 0.6) is 0 Å². The van der Waals surface area contributed by atoms with Crippen molar-refractivity contribution in [1.82, 2.24) is 9.80 Å². The minimum atomic E-state index is -0.222. The second kappa shape index (κ2) is 10.3. The lowest BCUT2D eigenvalue weighted by molar-refractivity contribution is -0.134. The average molecular weight is 501 g/mol. The van der Waals surface area contributed by atoms with E-state index in [9.17, 15) is 9.59 Å². The van der Waals surface area contributed by atoms with Crippen LogP contribution in [0.2, 0.25) is 10.0 Å². The number of thiophene rings is 1. The first-order chi connectivity index (χ1) is 15.8. The van der Waals surface area contributed by atoms with E-state index in [0.717, 1.165) is 12.0 Å². The SMILES string of the molecule is CC(C)CN(CC(=O)N1CCc2sccc2[C@@H]1c1ccccc1)C(=O)c1ccc(Cl)c(Cl)c1. The molecule has 7 heteroatoms. The number of benzene rings is 2. The number of carbonyl (C=O) groups excluding carboxylic acids is 2. The van der Waals surface area contributed by atoms with Crippen LogP contribution in [0.15, 0.2) is 60.0 Å². The zero-order chi connectivity index (χ0) is 23.5. The van der Waals surface area contributed by atoms with E-state index in [1.807, 2.05) is 36.9 Å². The Hall–Kier alpha value is -2.34. The maximum Gasteiger partial charge on any atom is 0.254 e. The Morgan fingerprint density at radius 1 is 1.09 bits per heavy atom. The van der Waals surface area contributed by atoms with Crippen LogP contribution in [0.4, 0.5) is 0 Å². The highest BCUT2D eigenvalue weighted by atomic mass is 35.5. The fourth-order valence-corrected chi connectivity index (χ4v) is 5.51. The number of rotatable bonds is 6. The first-order valence-electron chi connectivity index (χ1n) is 11.0. The molecule has 1 atom stereocenters. The molecule has 0 bridgehead atoms. The fourth-order valence-electron chi connectivity index (χ4n) is 4.31. The summed E-state index contributed by atoms with van der Waals surface area (Å²) in [6, 6.07) is 16.9. The van der Waals surface area contributed by atoms with Crippen molar-refractivity contribution < 1.29 is 9.59 Å². The zero-order valence-corrected chi connectivity index (χ0v) is 21.0. The summed E-state index contributed by atoms with van der Waals surface area (Å²) in [4.78, 5) is 31.8. The van der Waals surface area contributed by atoms with Crippen molar-refractivity contribution in [2.75, 3.05) is 19.6 Å². The molecule has 33 heavy (non-hydrogen) atoms. The van der Waals surface area contributed by atoms with Crippen molar-refractivity contribution in [2.45, 2.75) is 26.3 Å². The Kier molecular flexibility index (Phi) is 7.42. The standard InChI is InChI=1S/C26H26Cl2N2O2S/c1-17(2)15-29(26(32)19-8-9-21(27)22(28)14-19)16-24(31)30-12-10-23-20(11-13-33-23)25(30)18-6-4-3-5-7-18/h3-9,11,13-14,17,25H,10,12,15-16H2,1-2H3/t25-/m0/s1. The second-order valence-corrected chi connectivity index (χ2v) is 10.5. The van der Waals surface area contributed by atoms with Gasteiger partial charge in [-0.1, -0.05) is 67.4 Å². The monoisotopic (exact) mass is 500 g/mol. The topological polar surface area (TPSA) is 40.6 Å². The number of hydrogen-bond donors (Lipinski definition) is 0. The van der Waals surface area contributed by atoms with Crippen molar-refractivity contribution in [3.05, 3.63) is 91.6 Å². The molecule has 0 aliphatic carbocycles. The summed E-state index contributed by atoms with van der Waals surface area (Å²) >= 11 is 13.9. The molecule has 0 radical (unpaired) electrons. The average Bonchev–Trinajstić information content (AvgIpc) is 3.28. The van der Waals surface area contributed by atoms with E-state index in [-0.39, 0.29) is 30.3 Å². The number of amides is 2. The molecule has 0 spiro atoms. The van der Waals surface area contributed by atoms with Gasteiger partial charge >= 0.3 is 0 Å². The number of hydrogen-bond acceptors (Lipinski definition) is 3. The van der Waals surface area contributed by atoms with E-state index < -0.39 is 0 Å². The van der Waals surface area contributed by atoms with Gasteiger partial charge in [0.2, 0.25) is 5.91 Å². The first kappa shape index (κ1) is 23.8. The molecule has 2 heterocycles. The highest BCUT2D eigenvalue weighted by Gasteiger charge is 2.34. The van der Waals surface area contributed by atoms with E-state index in [0.29, 0.717) is 28.7 Å². The van der Waals surface area contributed by atoms with Crippen molar-refractivity contribution >= 4 is 46.4 Å². The van der Waals surface area contributed by atoms with Crippen LogP contribution in [0.1, 0.15) is 46.3 Å². The molecular formula is C26H26Cl2N2O2S. The third-order valence-electron chi connectivity index (χ3n) is 5.77. The van der Waals surface area contributed by atoms with Crippen LogP contribution in [0.3, 0.4) is 0 Å². The Morgan fingerprint density at radius 2 is 1.85 bits per heavy atom. The summed E-state index contributed by atoms with van der Waals surface area (Å²) in [5.41, 5.74) is 2.68. The number of halogens is 2. The van der Waals surface area contributed by atoms with Crippen molar-refractivity contribution in [2.24, 2.45) is 5.92 Å². The van der Waals surface area contributed by atoms with Gasteiger partial charge in [-0.3, -0.25) is 9.59 Å². The highest BCUT2D eigenvalue weighted by Crippen LogP contribution is 2.37. The Bertz CT molecular complexity index is 1150. The highest BCUT2D eigenvalue weighted by molar-refractivity contribution is 7.10. The lowest BCUT2D eigenvalue weighted by atomic mass is 9.93. The van der Waals surface area contributed by atoms with Crippen LogP contribution in [0.25, 0.3) is 0 Å². The molecule has 0 saturated heterocycles. The molecule has 4 rings (SSSR count). The fraction of sp³-hybridized carbons (Fsp3) is 0.308. The van der Waals surface area contributed by atoms with Gasteiger partial charge in [0.25, 0.3) is 5.91 Å². The molecule has 0 saturated carbocycles. The summed E-state index contributed by atoms with van der Waals surface area (Å²) in [5.74, 6) is -0.0749. The molecule has 3 aromatic rings. The van der Waals surface area contributed by atoms with E-state index in [2.05, 4.69) is 23.6 Å². The summed E-state index contributed by atoms with van der Waals surface area (Å²) < 4.78 is 0. The van der Waals surface area contributed by atoms with Gasteiger partial charge in [-0.05, 0) is 53.1 Å². The van der Waals surface area contributed by atoms with Crippen LogP contribution in [-0.2, 0) is 11.2 Å². The number of fused-ring (bicyclic) bond motifs is 1. The molecule has 2 aromatic carbocycles. The molecular weight excluding hydrogens is 475 g/mol. The van der Waals surface area contributed by atoms with Gasteiger partial charge in [0.05, 0.1) is 16.1 Å². The Morgan fingerprint density at radius 3 is 2.55 bits per heavy atom. The summed E-state index contributed by atoms with van der Waals surface area (Å²) in [5, 5.41) is 2.81. The van der Waals surface area contributed by atoms with E-state index >= 15 is 0 Å². The van der Waals surface area contributed by atoms with Crippen molar-refractivity contribution in [3.8, 4) is 0 Å². The van der Waals surface area contributed by atoms with Crippen molar-refractivity contribution in [1.29, 1.82) is 0 Å². The largest absolute Gasteiger partial charge is 0.330 e. The van der Waals surface area contributed by atoms with Gasteiger partial charge in [0, 0.05) is 23.5 Å². The molecule has 1 aliphatic heterocycles. The van der Waals surface area contributed by atoms with Gasteiger partial charge in [-0.2, -0.15) is 0 Å². The zero-order valence-electron chi connectivity index (χ0n) is 18.6. The molecule has 1 aromatic heterocycles. The first-order valence-corrected chi connectivity index (χ1v) is 12.6. The number of nitrogens with zero attached hydrogens (tertiary/aromatic N) is 2. The Labute approximate surface area is 208 Å². The third kappa shape index (κ3) is 5.26. The molecule has 1 aliphatic rings. The smallest absolute Gasteiger partial charge is 0.254 e. The van der Waals surface area contributed by atoms with Crippen LogP contribution in [0, 0.1) is 5.92 Å². The molecule has 0 fully saturated rings. The van der Waals surface area contributed by atoms with E-state index in [1.54, 1.807) is 34.4 Å². The second-order valence-electron chi connectivity index (χ2n) is 8.66. The molecule has 4 nitrogen and oxygen atoms in total. The van der Waals surface area contributed by atoms with Gasteiger partial charge < -0.3 is 9.80 Å². The summed E-state index contributed by atoms with van der Waals surface area (Å²) in [6.07, 6.45) is 0.826. The predicted octanol–water partition coefficient (Wildman–Crippen LogP) is 6.33. The summed E-state index contributed by atoms with van der Waals surface area (Å²) in [7, 11) is 0. The maximum absolute atomic E-state index is 13.7. The lowest BCUT2D eigenvalue weighted by Crippen LogP contribution is -2.47. The van der Waals surface area contributed by atoms with E-state index in [1.165, 1.54) is 10.4 Å². The molecule has 0 unspecified atom stereocenters. The molecule has 0 N–H and O–H groups in total. The minimum Gasteiger partial charge on any atom is -0.330 e.